The lowest BCUT2D eigenvalue weighted by Crippen LogP contribution is -2.39. The van der Waals surface area contributed by atoms with Crippen molar-refractivity contribution in [3.63, 3.8) is 0 Å². The smallest absolute Gasteiger partial charge is 0.0332 e. The Morgan fingerprint density at radius 1 is 0.619 bits per heavy atom. The summed E-state index contributed by atoms with van der Waals surface area (Å²) < 4.78 is 2.59. The van der Waals surface area contributed by atoms with Crippen molar-refractivity contribution < 1.29 is 0 Å². The summed E-state index contributed by atoms with van der Waals surface area (Å²) in [6.45, 7) is 0. The van der Waals surface area contributed by atoms with Crippen molar-refractivity contribution in [1.29, 1.82) is 0 Å². The maximum atomic E-state index is 4.02. The monoisotopic (exact) mass is 672 g/mol. The first-order valence-electron chi connectivity index (χ1n) is 15.5. The van der Waals surface area contributed by atoms with Crippen molar-refractivity contribution >= 4 is 59.0 Å². The molecule has 0 spiro atoms. The molecule has 5 aliphatic carbocycles. The minimum Gasteiger partial charge on any atom is -0.0808 e. The summed E-state index contributed by atoms with van der Waals surface area (Å²) in [5.74, 6) is 2.92. The Balaban J connectivity index is 1.09. The van der Waals surface area contributed by atoms with Crippen LogP contribution in [0.15, 0.2) is 141 Å². The van der Waals surface area contributed by atoms with Gasteiger partial charge in [-0.2, -0.15) is 0 Å². The quantitative estimate of drug-likeness (QED) is 0.243. The van der Waals surface area contributed by atoms with Gasteiger partial charge in [-0.1, -0.05) is 131 Å². The maximum Gasteiger partial charge on any atom is 0.0332 e. The molecule has 3 aromatic rings. The van der Waals surface area contributed by atoms with E-state index in [9.17, 15) is 0 Å². The van der Waals surface area contributed by atoms with Crippen LogP contribution in [-0.4, -0.2) is 0 Å². The minimum atomic E-state index is 0.475. The first-order chi connectivity index (χ1) is 20.7. The molecule has 0 amide bonds. The molecule has 5 atom stereocenters. The Morgan fingerprint density at radius 3 is 1.95 bits per heavy atom. The predicted molar refractivity (Wildman–Crippen MR) is 186 cm³/mol. The van der Waals surface area contributed by atoms with E-state index in [1.165, 1.54) is 66.5 Å². The van der Waals surface area contributed by atoms with Gasteiger partial charge < -0.3 is 0 Å². The van der Waals surface area contributed by atoms with Crippen LogP contribution in [0.2, 0.25) is 0 Å². The second-order valence-electron chi connectivity index (χ2n) is 12.5. The molecule has 0 aromatic heterocycles. The van der Waals surface area contributed by atoms with Crippen LogP contribution in [0, 0.1) is 29.6 Å². The Kier molecular flexibility index (Phi) is 6.96. The summed E-state index contributed by atoms with van der Waals surface area (Å²) in [7, 11) is 0. The standard InChI is InChI=1S/C40H34Br2/c41-39-33-13-5-1-9-29(33)37(30-10-2-6-14-34(30)39)27-21-17-25(18-22-27)26-19-23-28(24-20-26)38-31-11-3-7-15-35(31)40(42)36-16-8-4-12-32(36)38/h1-17,19,21,28,31-32,35,38H,18,20,22-24H2. The van der Waals surface area contributed by atoms with Gasteiger partial charge in [-0.3, -0.25) is 0 Å². The third kappa shape index (κ3) is 4.37. The van der Waals surface area contributed by atoms with E-state index in [2.05, 4.69) is 147 Å². The highest BCUT2D eigenvalue weighted by Crippen LogP contribution is 2.54. The normalized spacial score (nSPS) is 28.4. The van der Waals surface area contributed by atoms with Gasteiger partial charge in [-0.05, 0) is 115 Å². The second-order valence-corrected chi connectivity index (χ2v) is 14.1. The molecule has 0 aliphatic heterocycles. The van der Waals surface area contributed by atoms with Crippen LogP contribution in [0.1, 0.15) is 37.7 Å². The van der Waals surface area contributed by atoms with Crippen LogP contribution in [0.3, 0.4) is 0 Å². The fourth-order valence-corrected chi connectivity index (χ4v) is 9.99. The summed E-state index contributed by atoms with van der Waals surface area (Å²) in [5, 5.41) is 5.28. The summed E-state index contributed by atoms with van der Waals surface area (Å²) in [6, 6.07) is 17.7. The van der Waals surface area contributed by atoms with Gasteiger partial charge in [0.15, 0.2) is 0 Å². The fourth-order valence-electron chi connectivity index (χ4n) is 8.45. The molecule has 0 nitrogen and oxygen atoms in total. The number of hydrogen-bond acceptors (Lipinski definition) is 0. The molecule has 5 unspecified atom stereocenters. The van der Waals surface area contributed by atoms with Gasteiger partial charge in [0.05, 0.1) is 0 Å². The molecular weight excluding hydrogens is 640 g/mol. The Hall–Kier alpha value is -2.94. The molecule has 3 aromatic carbocycles. The summed E-state index contributed by atoms with van der Waals surface area (Å²) >= 11 is 7.94. The van der Waals surface area contributed by atoms with Crippen molar-refractivity contribution in [3.05, 3.63) is 147 Å². The maximum absolute atomic E-state index is 4.02. The Morgan fingerprint density at radius 2 is 1.26 bits per heavy atom. The SMILES string of the molecule is BrC1=C2C=CC=CC2C(C2CC=C(C3=CC=C(c4c5ccccc5c(Br)c5ccccc45)CC3)CC2)C2C=CC=CC12. The number of rotatable bonds is 3. The van der Waals surface area contributed by atoms with E-state index < -0.39 is 0 Å². The number of hydrogen-bond donors (Lipinski definition) is 0. The average Bonchev–Trinajstić information content (AvgIpc) is 3.06. The average molecular weight is 675 g/mol. The van der Waals surface area contributed by atoms with Crippen molar-refractivity contribution in [3.8, 4) is 0 Å². The molecule has 0 heterocycles. The van der Waals surface area contributed by atoms with Gasteiger partial charge in [0.1, 0.15) is 0 Å². The summed E-state index contributed by atoms with van der Waals surface area (Å²) in [5.41, 5.74) is 7.51. The Labute approximate surface area is 265 Å². The van der Waals surface area contributed by atoms with Gasteiger partial charge in [0.25, 0.3) is 0 Å². The number of fused-ring (bicyclic) bond motifs is 4. The summed E-state index contributed by atoms with van der Waals surface area (Å²) in [6.07, 6.45) is 32.1. The van der Waals surface area contributed by atoms with Crippen molar-refractivity contribution in [2.24, 2.45) is 29.6 Å². The molecular formula is C40H34Br2. The molecule has 208 valence electrons. The number of halogens is 2. The molecule has 0 N–H and O–H groups in total. The van der Waals surface area contributed by atoms with Crippen molar-refractivity contribution in [1.82, 2.24) is 0 Å². The molecule has 0 saturated carbocycles. The molecule has 0 saturated heterocycles. The molecule has 0 fully saturated rings. The molecule has 0 bridgehead atoms. The third-order valence-corrected chi connectivity index (χ3v) is 12.3. The van der Waals surface area contributed by atoms with E-state index >= 15 is 0 Å². The van der Waals surface area contributed by atoms with Gasteiger partial charge in [-0.25, -0.2) is 0 Å². The molecule has 2 heteroatoms. The molecule has 0 radical (unpaired) electrons. The first kappa shape index (κ1) is 26.7. The van der Waals surface area contributed by atoms with Gasteiger partial charge in [0.2, 0.25) is 0 Å². The van der Waals surface area contributed by atoms with Crippen molar-refractivity contribution in [2.75, 3.05) is 0 Å². The zero-order chi connectivity index (χ0) is 28.2. The largest absolute Gasteiger partial charge is 0.0808 e. The number of allylic oxidation sites excluding steroid dienone is 16. The molecule has 8 rings (SSSR count). The van der Waals surface area contributed by atoms with Crippen LogP contribution in [0.4, 0.5) is 0 Å². The highest BCUT2D eigenvalue weighted by molar-refractivity contribution is 9.11. The van der Waals surface area contributed by atoms with Crippen LogP contribution < -0.4 is 0 Å². The highest BCUT2D eigenvalue weighted by Gasteiger charge is 2.44. The molecule has 42 heavy (non-hydrogen) atoms. The van der Waals surface area contributed by atoms with Crippen LogP contribution in [0.5, 0.6) is 0 Å². The van der Waals surface area contributed by atoms with E-state index in [0.29, 0.717) is 29.6 Å². The lowest BCUT2D eigenvalue weighted by molar-refractivity contribution is 0.171. The third-order valence-electron chi connectivity index (χ3n) is 10.4. The van der Waals surface area contributed by atoms with Gasteiger partial charge in [-0.15, -0.1) is 0 Å². The van der Waals surface area contributed by atoms with Gasteiger partial charge >= 0.3 is 0 Å². The fraction of sp³-hybridized carbons (Fsp3) is 0.250. The highest BCUT2D eigenvalue weighted by atomic mass is 79.9. The van der Waals surface area contributed by atoms with Crippen LogP contribution in [-0.2, 0) is 0 Å². The first-order valence-corrected chi connectivity index (χ1v) is 17.1. The van der Waals surface area contributed by atoms with Gasteiger partial charge in [0, 0.05) is 20.8 Å². The Bertz CT molecular complexity index is 1800. The van der Waals surface area contributed by atoms with E-state index in [1.54, 1.807) is 11.1 Å². The second kappa shape index (κ2) is 11.0. The minimum absolute atomic E-state index is 0.475. The molecule has 5 aliphatic rings. The van der Waals surface area contributed by atoms with E-state index in [-0.39, 0.29) is 0 Å². The van der Waals surface area contributed by atoms with Crippen LogP contribution in [0.25, 0.3) is 27.1 Å². The zero-order valence-electron chi connectivity index (χ0n) is 23.6. The van der Waals surface area contributed by atoms with E-state index in [0.717, 1.165) is 12.8 Å². The predicted octanol–water partition coefficient (Wildman–Crippen LogP) is 12.0. The zero-order valence-corrected chi connectivity index (χ0v) is 26.8. The van der Waals surface area contributed by atoms with E-state index in [1.807, 2.05) is 0 Å². The van der Waals surface area contributed by atoms with E-state index in [4.69, 9.17) is 0 Å². The van der Waals surface area contributed by atoms with Crippen LogP contribution >= 0.6 is 31.9 Å². The number of benzene rings is 3. The lowest BCUT2D eigenvalue weighted by Gasteiger charge is -2.47. The topological polar surface area (TPSA) is 0 Å². The summed E-state index contributed by atoms with van der Waals surface area (Å²) in [4.78, 5) is 0. The lowest BCUT2D eigenvalue weighted by atomic mass is 9.59. The van der Waals surface area contributed by atoms with Crippen molar-refractivity contribution in [2.45, 2.75) is 32.1 Å².